The third kappa shape index (κ3) is 2.93. The van der Waals surface area contributed by atoms with Crippen LogP contribution in [0.2, 0.25) is 0 Å². The van der Waals surface area contributed by atoms with Gasteiger partial charge in [-0.15, -0.1) is 0 Å². The molecule has 2 aromatic heterocycles. The zero-order valence-electron chi connectivity index (χ0n) is 16.7. The number of nitrogens with zero attached hydrogens (tertiary/aromatic N) is 5. The number of hydrogen-bond acceptors (Lipinski definition) is 7. The van der Waals surface area contributed by atoms with Crippen LogP contribution in [0.15, 0.2) is 24.4 Å². The van der Waals surface area contributed by atoms with Gasteiger partial charge in [-0.05, 0) is 44.4 Å². The monoisotopic (exact) mass is 408 g/mol. The maximum absolute atomic E-state index is 6.06. The molecule has 3 aromatic rings. The van der Waals surface area contributed by atoms with E-state index in [1.807, 2.05) is 7.05 Å². The first-order chi connectivity index (χ1) is 14.1. The standard InChI is InChI=1S/C21H24N6OS/c1-26(14-5-8-22-21(10-14)6-7-21)20-24-17-12-28-18-9-13(16-11-23-27(2)25-16)3-4-15(18)19(17)29-20/h3-4,9,11,14,22H,5-8,10,12H2,1-2H3. The van der Waals surface area contributed by atoms with Crippen molar-refractivity contribution >= 4 is 16.5 Å². The molecular weight excluding hydrogens is 384 g/mol. The van der Waals surface area contributed by atoms with Gasteiger partial charge in [-0.1, -0.05) is 17.4 Å². The van der Waals surface area contributed by atoms with Crippen molar-refractivity contribution in [1.82, 2.24) is 25.3 Å². The van der Waals surface area contributed by atoms with E-state index in [0.717, 1.165) is 39.9 Å². The molecule has 1 spiro atoms. The Kier molecular flexibility index (Phi) is 3.77. The Hall–Kier alpha value is -2.45. The third-order valence-electron chi connectivity index (χ3n) is 6.48. The molecule has 0 radical (unpaired) electrons. The summed E-state index contributed by atoms with van der Waals surface area (Å²) in [5.41, 5.74) is 4.47. The van der Waals surface area contributed by atoms with Gasteiger partial charge in [0, 0.05) is 36.8 Å². The van der Waals surface area contributed by atoms with E-state index in [1.165, 1.54) is 30.6 Å². The molecular formula is C21H24N6OS. The summed E-state index contributed by atoms with van der Waals surface area (Å²) in [6.45, 7) is 1.63. The fourth-order valence-electron chi connectivity index (χ4n) is 4.56. The number of piperidine rings is 1. The van der Waals surface area contributed by atoms with Gasteiger partial charge in [0.1, 0.15) is 18.1 Å². The summed E-state index contributed by atoms with van der Waals surface area (Å²) in [5.74, 6) is 0.900. The number of nitrogens with one attached hydrogen (secondary N) is 1. The summed E-state index contributed by atoms with van der Waals surface area (Å²) in [6, 6.07) is 6.84. The highest BCUT2D eigenvalue weighted by Gasteiger charge is 2.47. The molecule has 3 aliphatic rings. The van der Waals surface area contributed by atoms with E-state index < -0.39 is 0 Å². The van der Waals surface area contributed by atoms with Crippen LogP contribution in [0.25, 0.3) is 21.7 Å². The Morgan fingerprint density at radius 1 is 1.34 bits per heavy atom. The maximum Gasteiger partial charge on any atom is 0.186 e. The van der Waals surface area contributed by atoms with Gasteiger partial charge in [0.15, 0.2) is 5.13 Å². The molecule has 0 amide bonds. The van der Waals surface area contributed by atoms with E-state index in [1.54, 1.807) is 22.3 Å². The van der Waals surface area contributed by atoms with Gasteiger partial charge in [-0.3, -0.25) is 0 Å². The zero-order valence-corrected chi connectivity index (χ0v) is 17.5. The van der Waals surface area contributed by atoms with Gasteiger partial charge in [0.25, 0.3) is 0 Å². The van der Waals surface area contributed by atoms with E-state index in [9.17, 15) is 0 Å². The van der Waals surface area contributed by atoms with Crippen molar-refractivity contribution in [2.24, 2.45) is 7.05 Å². The number of aryl methyl sites for hydroxylation is 1. The molecule has 1 unspecified atom stereocenters. The number of aromatic nitrogens is 4. The van der Waals surface area contributed by atoms with Crippen LogP contribution in [0.3, 0.4) is 0 Å². The highest BCUT2D eigenvalue weighted by atomic mass is 32.1. The fraction of sp³-hybridized carbons (Fsp3) is 0.476. The van der Waals surface area contributed by atoms with Crippen molar-refractivity contribution in [3.8, 4) is 27.4 Å². The number of fused-ring (bicyclic) bond motifs is 3. The average Bonchev–Trinajstić information content (AvgIpc) is 3.15. The summed E-state index contributed by atoms with van der Waals surface area (Å²) >= 11 is 1.79. The van der Waals surface area contributed by atoms with Crippen molar-refractivity contribution in [3.05, 3.63) is 30.1 Å². The van der Waals surface area contributed by atoms with E-state index in [4.69, 9.17) is 9.72 Å². The number of anilines is 1. The quantitative estimate of drug-likeness (QED) is 0.718. The van der Waals surface area contributed by atoms with Gasteiger partial charge in [-0.2, -0.15) is 15.0 Å². The lowest BCUT2D eigenvalue weighted by Gasteiger charge is -2.36. The predicted octanol–water partition coefficient (Wildman–Crippen LogP) is 3.22. The molecule has 6 rings (SSSR count). The average molecular weight is 409 g/mol. The van der Waals surface area contributed by atoms with Crippen LogP contribution in [0, 0.1) is 0 Å². The lowest BCUT2D eigenvalue weighted by molar-refractivity contribution is 0.298. The number of hydrogen-bond donors (Lipinski definition) is 1. The fourth-order valence-corrected chi connectivity index (χ4v) is 5.69. The number of ether oxygens (including phenoxy) is 1. The number of rotatable bonds is 3. The second-order valence-electron chi connectivity index (χ2n) is 8.46. The van der Waals surface area contributed by atoms with Crippen molar-refractivity contribution in [3.63, 3.8) is 0 Å². The van der Waals surface area contributed by atoms with Crippen molar-refractivity contribution in [2.75, 3.05) is 18.5 Å². The Morgan fingerprint density at radius 2 is 2.24 bits per heavy atom. The summed E-state index contributed by atoms with van der Waals surface area (Å²) in [7, 11) is 4.03. The molecule has 1 saturated heterocycles. The lowest BCUT2D eigenvalue weighted by atomic mass is 9.97. The summed E-state index contributed by atoms with van der Waals surface area (Å²) < 4.78 is 6.06. The number of benzene rings is 1. The Labute approximate surface area is 173 Å². The lowest BCUT2D eigenvalue weighted by Crippen LogP contribution is -2.48. The van der Waals surface area contributed by atoms with Gasteiger partial charge in [0.05, 0.1) is 16.8 Å². The van der Waals surface area contributed by atoms with Gasteiger partial charge in [0.2, 0.25) is 0 Å². The minimum Gasteiger partial charge on any atom is -0.487 e. The molecule has 1 aromatic carbocycles. The van der Waals surface area contributed by atoms with Gasteiger partial charge >= 0.3 is 0 Å². The molecule has 2 fully saturated rings. The third-order valence-corrected chi connectivity index (χ3v) is 7.70. The van der Waals surface area contributed by atoms with Crippen LogP contribution in [0.4, 0.5) is 5.13 Å². The number of thiazole rings is 1. The van der Waals surface area contributed by atoms with Gasteiger partial charge in [-0.25, -0.2) is 4.98 Å². The molecule has 8 heteroatoms. The van der Waals surface area contributed by atoms with E-state index in [-0.39, 0.29) is 0 Å². The van der Waals surface area contributed by atoms with Crippen LogP contribution in [-0.4, -0.2) is 45.2 Å². The summed E-state index contributed by atoms with van der Waals surface area (Å²) in [5, 5.41) is 13.4. The predicted molar refractivity (Wildman–Crippen MR) is 113 cm³/mol. The molecule has 7 nitrogen and oxygen atoms in total. The first-order valence-corrected chi connectivity index (χ1v) is 11.0. The smallest absolute Gasteiger partial charge is 0.186 e. The molecule has 150 valence electrons. The molecule has 29 heavy (non-hydrogen) atoms. The summed E-state index contributed by atoms with van der Waals surface area (Å²) in [6.07, 6.45) is 6.82. The van der Waals surface area contributed by atoms with Crippen LogP contribution in [0.5, 0.6) is 5.75 Å². The Balaban J connectivity index is 1.30. The van der Waals surface area contributed by atoms with Crippen LogP contribution < -0.4 is 15.0 Å². The van der Waals surface area contributed by atoms with Crippen molar-refractivity contribution < 1.29 is 4.74 Å². The first kappa shape index (κ1) is 17.4. The molecule has 1 saturated carbocycles. The van der Waals surface area contributed by atoms with Crippen LogP contribution in [-0.2, 0) is 13.7 Å². The van der Waals surface area contributed by atoms with Gasteiger partial charge < -0.3 is 15.0 Å². The largest absolute Gasteiger partial charge is 0.487 e. The molecule has 0 bridgehead atoms. The normalized spacial score (nSPS) is 21.4. The van der Waals surface area contributed by atoms with E-state index in [2.05, 4.69) is 45.7 Å². The Bertz CT molecular complexity index is 1080. The SMILES string of the molecule is CN(c1nc2c(s1)-c1ccc(-c3cnn(C)n3)cc1OC2)C1CCNC2(CC2)C1. The van der Waals surface area contributed by atoms with Crippen LogP contribution >= 0.6 is 11.3 Å². The van der Waals surface area contributed by atoms with E-state index >= 15 is 0 Å². The second kappa shape index (κ2) is 6.27. The zero-order chi connectivity index (χ0) is 19.6. The molecule has 2 aliphatic heterocycles. The molecule has 1 atom stereocenters. The highest BCUT2D eigenvalue weighted by molar-refractivity contribution is 7.19. The highest BCUT2D eigenvalue weighted by Crippen LogP contribution is 2.47. The molecule has 4 heterocycles. The van der Waals surface area contributed by atoms with E-state index in [0.29, 0.717) is 18.2 Å². The Morgan fingerprint density at radius 3 is 3.03 bits per heavy atom. The minimum atomic E-state index is 0.417. The van der Waals surface area contributed by atoms with Crippen molar-refractivity contribution in [1.29, 1.82) is 0 Å². The summed E-state index contributed by atoms with van der Waals surface area (Å²) in [4.78, 5) is 10.2. The molecule has 1 N–H and O–H groups in total. The topological polar surface area (TPSA) is 68.1 Å². The molecule has 1 aliphatic carbocycles. The first-order valence-electron chi connectivity index (χ1n) is 10.2. The maximum atomic E-state index is 6.06. The second-order valence-corrected chi connectivity index (χ2v) is 9.43. The van der Waals surface area contributed by atoms with Crippen molar-refractivity contribution in [2.45, 2.75) is 43.9 Å². The minimum absolute atomic E-state index is 0.417. The van der Waals surface area contributed by atoms with Crippen LogP contribution in [0.1, 0.15) is 31.4 Å².